The van der Waals surface area contributed by atoms with Crippen LogP contribution in [0, 0.1) is 19.8 Å². The summed E-state index contributed by atoms with van der Waals surface area (Å²) in [5, 5.41) is 18.0. The summed E-state index contributed by atoms with van der Waals surface area (Å²) in [6, 6.07) is 7.85. The molecule has 9 heteroatoms. The summed E-state index contributed by atoms with van der Waals surface area (Å²) in [4.78, 5) is 14.9. The lowest BCUT2D eigenvalue weighted by Gasteiger charge is -2.32. The van der Waals surface area contributed by atoms with Gasteiger partial charge in [-0.05, 0) is 63.8 Å². The van der Waals surface area contributed by atoms with Crippen LogP contribution in [-0.2, 0) is 9.53 Å². The van der Waals surface area contributed by atoms with Gasteiger partial charge in [0.25, 0.3) is 0 Å². The summed E-state index contributed by atoms with van der Waals surface area (Å²) in [5.41, 5.74) is 3.69. The molecule has 34 heavy (non-hydrogen) atoms. The van der Waals surface area contributed by atoms with Crippen molar-refractivity contribution in [2.45, 2.75) is 45.6 Å². The Morgan fingerprint density at radius 1 is 1.15 bits per heavy atom. The first-order valence-electron chi connectivity index (χ1n) is 12.1. The molecule has 0 saturated carbocycles. The van der Waals surface area contributed by atoms with Crippen LogP contribution in [0.3, 0.4) is 0 Å². The van der Waals surface area contributed by atoms with E-state index in [-0.39, 0.29) is 17.9 Å². The highest BCUT2D eigenvalue weighted by Crippen LogP contribution is 2.32. The maximum atomic E-state index is 12.7. The summed E-state index contributed by atoms with van der Waals surface area (Å²) in [6.45, 7) is 6.95. The van der Waals surface area contributed by atoms with Gasteiger partial charge >= 0.3 is 0 Å². The Labute approximate surface area is 199 Å². The number of rotatable bonds is 6. The fourth-order valence-electron chi connectivity index (χ4n) is 5.02. The number of carbonyl (C=O) groups excluding carboxylic acids is 1. The number of piperidine rings is 1. The number of hydrogen-bond donors (Lipinski definition) is 1. The minimum Gasteiger partial charge on any atom is -0.497 e. The fraction of sp³-hybridized carbons (Fsp3) is 0.520. The maximum Gasteiger partial charge on any atom is 0.223 e. The molecule has 3 aromatic rings. The molecule has 0 bridgehead atoms. The molecule has 180 valence electrons. The average Bonchev–Trinajstić information content (AvgIpc) is 3.51. The highest BCUT2D eigenvalue weighted by Gasteiger charge is 2.29. The summed E-state index contributed by atoms with van der Waals surface area (Å²) in [6.07, 6.45) is 3.85. The Morgan fingerprint density at radius 2 is 1.91 bits per heavy atom. The Bertz CT molecular complexity index is 1160. The molecule has 1 unspecified atom stereocenters. The van der Waals surface area contributed by atoms with E-state index in [1.165, 1.54) is 0 Å². The zero-order chi connectivity index (χ0) is 23.7. The maximum absolute atomic E-state index is 12.7. The number of nitrogens with zero attached hydrogens (tertiary/aromatic N) is 5. The number of amides is 1. The number of fused-ring (bicyclic) bond motifs is 1. The molecule has 5 rings (SSSR count). The normalized spacial score (nSPS) is 19.0. The van der Waals surface area contributed by atoms with Crippen LogP contribution in [0.5, 0.6) is 5.75 Å². The van der Waals surface area contributed by atoms with E-state index in [9.17, 15) is 4.79 Å². The van der Waals surface area contributed by atoms with Gasteiger partial charge in [0.15, 0.2) is 5.82 Å². The predicted molar refractivity (Wildman–Crippen MR) is 130 cm³/mol. The van der Waals surface area contributed by atoms with Gasteiger partial charge < -0.3 is 19.7 Å². The summed E-state index contributed by atoms with van der Waals surface area (Å²) in [5.74, 6) is 1.75. The monoisotopic (exact) mass is 464 g/mol. The van der Waals surface area contributed by atoms with Gasteiger partial charge in [0.2, 0.25) is 5.91 Å². The van der Waals surface area contributed by atoms with E-state index < -0.39 is 0 Å². The Hall–Kier alpha value is -3.20. The van der Waals surface area contributed by atoms with Gasteiger partial charge in [0.1, 0.15) is 11.3 Å². The van der Waals surface area contributed by atoms with Crippen LogP contribution in [0.15, 0.2) is 24.3 Å². The first-order chi connectivity index (χ1) is 16.5. The van der Waals surface area contributed by atoms with E-state index in [0.717, 1.165) is 84.9 Å². The zero-order valence-electron chi connectivity index (χ0n) is 20.1. The van der Waals surface area contributed by atoms with Crippen LogP contribution in [0.4, 0.5) is 5.82 Å². The van der Waals surface area contributed by atoms with E-state index in [2.05, 4.69) is 27.3 Å². The first kappa shape index (κ1) is 22.6. The molecule has 1 N–H and O–H groups in total. The number of methoxy groups -OCH3 is 1. The Balaban J connectivity index is 1.33. The van der Waals surface area contributed by atoms with Crippen LogP contribution in [-0.4, -0.2) is 65.3 Å². The van der Waals surface area contributed by atoms with E-state index in [0.29, 0.717) is 6.54 Å². The number of aromatic nitrogens is 4. The number of hydrogen-bond acceptors (Lipinski definition) is 7. The van der Waals surface area contributed by atoms with Crippen molar-refractivity contribution in [2.24, 2.45) is 5.92 Å². The van der Waals surface area contributed by atoms with Crippen LogP contribution in [0.25, 0.3) is 16.6 Å². The Kier molecular flexibility index (Phi) is 6.36. The summed E-state index contributed by atoms with van der Waals surface area (Å²) >= 11 is 0. The molecule has 1 atom stereocenters. The second-order valence-electron chi connectivity index (χ2n) is 9.17. The van der Waals surface area contributed by atoms with Gasteiger partial charge in [-0.2, -0.15) is 10.2 Å². The quantitative estimate of drug-likeness (QED) is 0.599. The molecule has 0 radical (unpaired) electrons. The number of carbonyl (C=O) groups is 1. The highest BCUT2D eigenvalue weighted by molar-refractivity contribution is 5.92. The molecule has 2 saturated heterocycles. The summed E-state index contributed by atoms with van der Waals surface area (Å²) < 4.78 is 12.8. The van der Waals surface area contributed by atoms with Crippen molar-refractivity contribution in [3.63, 3.8) is 0 Å². The van der Waals surface area contributed by atoms with Crippen LogP contribution in [0.2, 0.25) is 0 Å². The zero-order valence-corrected chi connectivity index (χ0v) is 20.1. The fourth-order valence-corrected chi connectivity index (χ4v) is 5.02. The van der Waals surface area contributed by atoms with Gasteiger partial charge in [0.05, 0.1) is 35.7 Å². The predicted octanol–water partition coefficient (Wildman–Crippen LogP) is 2.95. The minimum atomic E-state index is 0.0187. The second-order valence-corrected chi connectivity index (χ2v) is 9.17. The van der Waals surface area contributed by atoms with Gasteiger partial charge in [-0.25, -0.2) is 4.68 Å². The van der Waals surface area contributed by atoms with Gasteiger partial charge in [-0.1, -0.05) is 0 Å². The third-order valence-corrected chi connectivity index (χ3v) is 6.99. The van der Waals surface area contributed by atoms with Crippen molar-refractivity contribution in [3.8, 4) is 11.4 Å². The summed E-state index contributed by atoms with van der Waals surface area (Å²) in [7, 11) is 1.66. The van der Waals surface area contributed by atoms with Crippen molar-refractivity contribution < 1.29 is 14.3 Å². The van der Waals surface area contributed by atoms with Crippen LogP contribution >= 0.6 is 0 Å². The lowest BCUT2D eigenvalue weighted by Crippen LogP contribution is -2.42. The second kappa shape index (κ2) is 9.58. The first-order valence-corrected chi connectivity index (χ1v) is 12.1. The molecule has 1 amide bonds. The van der Waals surface area contributed by atoms with Gasteiger partial charge in [-0.15, -0.1) is 5.10 Å². The van der Waals surface area contributed by atoms with Crippen molar-refractivity contribution >= 4 is 22.6 Å². The van der Waals surface area contributed by atoms with E-state index in [4.69, 9.17) is 14.6 Å². The van der Waals surface area contributed by atoms with E-state index in [1.54, 1.807) is 7.11 Å². The lowest BCUT2D eigenvalue weighted by molar-refractivity contribution is -0.126. The number of benzene rings is 1. The molecule has 9 nitrogen and oxygen atoms in total. The lowest BCUT2D eigenvalue weighted by atomic mass is 9.95. The Morgan fingerprint density at radius 3 is 2.59 bits per heavy atom. The standard InChI is InChI=1S/C25H32N6O3/c1-16-22-17(2)31(19-6-8-20(33-3)9-7-19)29-23(22)24(28-27-16)30-12-10-18(11-13-30)25(32)26-15-21-5-4-14-34-21/h6-9,18,21H,4-5,10-15H2,1-3H3,(H,26,32). The van der Waals surface area contributed by atoms with Crippen LogP contribution < -0.4 is 15.0 Å². The largest absolute Gasteiger partial charge is 0.497 e. The van der Waals surface area contributed by atoms with Gasteiger partial charge in [-0.3, -0.25) is 4.79 Å². The molecule has 1 aromatic carbocycles. The minimum absolute atomic E-state index is 0.0187. The molecule has 0 aliphatic carbocycles. The molecule has 4 heterocycles. The van der Waals surface area contributed by atoms with Crippen molar-refractivity contribution in [1.82, 2.24) is 25.3 Å². The topological polar surface area (TPSA) is 94.4 Å². The van der Waals surface area contributed by atoms with Crippen LogP contribution in [0.1, 0.15) is 37.1 Å². The molecule has 0 spiro atoms. The third-order valence-electron chi connectivity index (χ3n) is 6.99. The number of anilines is 1. The molecule has 2 aliphatic heterocycles. The number of aryl methyl sites for hydroxylation is 2. The SMILES string of the molecule is COc1ccc(-n2nc3c(N4CCC(C(=O)NCC5CCCO5)CC4)nnc(C)c3c2C)cc1. The molecule has 2 aromatic heterocycles. The van der Waals surface area contributed by atoms with Crippen molar-refractivity contribution in [3.05, 3.63) is 35.7 Å². The molecular weight excluding hydrogens is 432 g/mol. The molecule has 2 aliphatic rings. The molecular formula is C25H32N6O3. The average molecular weight is 465 g/mol. The van der Waals surface area contributed by atoms with Crippen molar-refractivity contribution in [1.29, 1.82) is 0 Å². The van der Waals surface area contributed by atoms with E-state index >= 15 is 0 Å². The van der Waals surface area contributed by atoms with Crippen molar-refractivity contribution in [2.75, 3.05) is 38.3 Å². The smallest absolute Gasteiger partial charge is 0.223 e. The highest BCUT2D eigenvalue weighted by atomic mass is 16.5. The molecule has 2 fully saturated rings. The third kappa shape index (κ3) is 4.32. The van der Waals surface area contributed by atoms with E-state index in [1.807, 2.05) is 35.9 Å². The van der Waals surface area contributed by atoms with Gasteiger partial charge in [0, 0.05) is 32.2 Å². The number of ether oxygens (including phenoxy) is 2. The number of nitrogens with one attached hydrogen (secondary N) is 1.